The van der Waals surface area contributed by atoms with Crippen molar-refractivity contribution in [3.05, 3.63) is 59.1 Å². The number of hydrogen-bond acceptors (Lipinski definition) is 6. The van der Waals surface area contributed by atoms with Gasteiger partial charge in [0.15, 0.2) is 11.6 Å². The van der Waals surface area contributed by atoms with Crippen LogP contribution in [0.3, 0.4) is 0 Å². The molecule has 6 rings (SSSR count). The van der Waals surface area contributed by atoms with Gasteiger partial charge in [-0.3, -0.25) is 0 Å². The zero-order chi connectivity index (χ0) is 22.1. The summed E-state index contributed by atoms with van der Waals surface area (Å²) in [5.74, 6) is -1.20. The van der Waals surface area contributed by atoms with Crippen LogP contribution in [0.1, 0.15) is 50.3 Å². The van der Waals surface area contributed by atoms with Crippen molar-refractivity contribution in [3.8, 4) is 0 Å². The van der Waals surface area contributed by atoms with E-state index >= 15 is 0 Å². The van der Waals surface area contributed by atoms with Crippen LogP contribution in [0.4, 0.5) is 0 Å². The van der Waals surface area contributed by atoms with Crippen LogP contribution in [0.15, 0.2) is 42.9 Å². The summed E-state index contributed by atoms with van der Waals surface area (Å²) in [5, 5.41) is 1.30. The number of hydrogen-bond donors (Lipinski definition) is 0. The first-order valence-corrected chi connectivity index (χ1v) is 11.4. The van der Waals surface area contributed by atoms with Gasteiger partial charge in [-0.2, -0.15) is 0 Å². The van der Waals surface area contributed by atoms with Crippen LogP contribution in [-0.4, -0.2) is 45.7 Å². The molecule has 2 aromatic heterocycles. The van der Waals surface area contributed by atoms with Crippen LogP contribution < -0.4 is 0 Å². The largest absolute Gasteiger partial charge is 0.344 e. The van der Waals surface area contributed by atoms with Crippen molar-refractivity contribution in [1.82, 2.24) is 14.5 Å². The van der Waals surface area contributed by atoms with E-state index in [-0.39, 0.29) is 24.2 Å². The molecule has 8 heteroatoms. The fourth-order valence-electron chi connectivity index (χ4n) is 5.49. The highest BCUT2D eigenvalue weighted by Gasteiger charge is 2.55. The normalized spacial score (nSPS) is 30.8. The number of ether oxygens (including phenoxy) is 4. The van der Waals surface area contributed by atoms with E-state index in [1.165, 1.54) is 11.9 Å². The molecule has 4 atom stereocenters. The third-order valence-corrected chi connectivity index (χ3v) is 7.23. The monoisotopic (exact) mass is 455 g/mol. The topological polar surface area (TPSA) is 67.6 Å². The van der Waals surface area contributed by atoms with Crippen molar-refractivity contribution in [2.75, 3.05) is 13.2 Å². The van der Waals surface area contributed by atoms with Gasteiger partial charge in [0.2, 0.25) is 0 Å². The van der Waals surface area contributed by atoms with Crippen molar-refractivity contribution in [3.63, 3.8) is 0 Å². The van der Waals surface area contributed by atoms with Gasteiger partial charge in [0, 0.05) is 17.7 Å². The summed E-state index contributed by atoms with van der Waals surface area (Å²) in [4.78, 5) is 8.62. The molecule has 0 radical (unpaired) electrons. The summed E-state index contributed by atoms with van der Waals surface area (Å²) < 4.78 is 26.8. The van der Waals surface area contributed by atoms with Crippen LogP contribution in [0.5, 0.6) is 0 Å². The van der Waals surface area contributed by atoms with Crippen LogP contribution in [0, 0.1) is 0 Å². The van der Waals surface area contributed by atoms with Gasteiger partial charge in [-0.1, -0.05) is 35.9 Å². The zero-order valence-corrected chi connectivity index (χ0v) is 19.1. The highest BCUT2D eigenvalue weighted by molar-refractivity contribution is 6.33. The molecule has 1 aliphatic carbocycles. The van der Waals surface area contributed by atoms with Crippen LogP contribution in [-0.2, 0) is 24.7 Å². The SMILES string of the molecule is CC1(C)O[C@@H]2[C@H](O1)[C@@H](c1cccc(C3(C)OCCO3)c1)C[C@H]2n1ccc2c(Cl)ncnc21. The van der Waals surface area contributed by atoms with Gasteiger partial charge in [0.25, 0.3) is 0 Å². The number of aromatic nitrogens is 3. The minimum Gasteiger partial charge on any atom is -0.344 e. The average Bonchev–Trinajstić information content (AvgIpc) is 3.52. The highest BCUT2D eigenvalue weighted by atomic mass is 35.5. The van der Waals surface area contributed by atoms with Crippen molar-refractivity contribution in [2.45, 2.75) is 62.9 Å². The molecular formula is C24H26ClN3O4. The standard InChI is InChI=1S/C24H26ClN3O4/c1-23(2)31-19-17(14-5-4-6-15(11-14)24(3)29-9-10-30-24)12-18(20(19)32-23)28-8-7-16-21(25)26-13-27-22(16)28/h4-8,11,13,17-20H,9-10,12H2,1-3H3/t17-,18-,19-,20+/m1/s1. The summed E-state index contributed by atoms with van der Waals surface area (Å²) in [5.41, 5.74) is 3.04. The van der Waals surface area contributed by atoms with Gasteiger partial charge >= 0.3 is 0 Å². The number of halogens is 1. The molecule has 3 aromatic rings. The average molecular weight is 456 g/mol. The second-order valence-corrected chi connectivity index (χ2v) is 9.73. The molecule has 0 bridgehead atoms. The molecule has 168 valence electrons. The maximum Gasteiger partial charge on any atom is 0.192 e. The molecule has 0 unspecified atom stereocenters. The molecule has 7 nitrogen and oxygen atoms in total. The van der Waals surface area contributed by atoms with Gasteiger partial charge in [0.1, 0.15) is 23.2 Å². The predicted octanol–water partition coefficient (Wildman–Crippen LogP) is 4.55. The number of fused-ring (bicyclic) bond motifs is 2. The lowest BCUT2D eigenvalue weighted by Crippen LogP contribution is -2.27. The summed E-state index contributed by atoms with van der Waals surface area (Å²) in [6.45, 7) is 7.14. The second-order valence-electron chi connectivity index (χ2n) is 9.37. The summed E-state index contributed by atoms with van der Waals surface area (Å²) in [6.07, 6.45) is 4.23. The van der Waals surface area contributed by atoms with Crippen molar-refractivity contribution in [2.24, 2.45) is 0 Å². The van der Waals surface area contributed by atoms with Gasteiger partial charge < -0.3 is 23.5 Å². The minimum atomic E-state index is -0.704. The quantitative estimate of drug-likeness (QED) is 0.539. The molecular weight excluding hydrogens is 430 g/mol. The first kappa shape index (κ1) is 20.6. The Morgan fingerprint density at radius 3 is 2.62 bits per heavy atom. The third kappa shape index (κ3) is 3.18. The molecule has 0 amide bonds. The van der Waals surface area contributed by atoms with E-state index in [2.05, 4.69) is 38.8 Å². The lowest BCUT2D eigenvalue weighted by molar-refractivity contribution is -0.157. The molecule has 32 heavy (non-hydrogen) atoms. The Labute approximate surface area is 191 Å². The van der Waals surface area contributed by atoms with Gasteiger partial charge in [-0.25, -0.2) is 9.97 Å². The Morgan fingerprint density at radius 2 is 1.81 bits per heavy atom. The lowest BCUT2D eigenvalue weighted by atomic mass is 9.92. The number of benzene rings is 1. The molecule has 1 saturated carbocycles. The molecule has 3 aliphatic rings. The predicted molar refractivity (Wildman–Crippen MR) is 118 cm³/mol. The van der Waals surface area contributed by atoms with Crippen molar-refractivity contribution in [1.29, 1.82) is 0 Å². The van der Waals surface area contributed by atoms with E-state index in [1.807, 2.05) is 33.0 Å². The molecule has 3 fully saturated rings. The first-order valence-electron chi connectivity index (χ1n) is 11.1. The molecule has 0 spiro atoms. The Hall–Kier alpha value is -2.03. The van der Waals surface area contributed by atoms with E-state index < -0.39 is 11.6 Å². The van der Waals surface area contributed by atoms with Crippen LogP contribution in [0.25, 0.3) is 11.0 Å². The lowest BCUT2D eigenvalue weighted by Gasteiger charge is -2.26. The maximum absolute atomic E-state index is 6.44. The first-order chi connectivity index (χ1) is 15.3. The Balaban J connectivity index is 1.40. The maximum atomic E-state index is 6.44. The molecule has 2 saturated heterocycles. The summed E-state index contributed by atoms with van der Waals surface area (Å²) in [6, 6.07) is 10.5. The van der Waals surface area contributed by atoms with Gasteiger partial charge in [0.05, 0.1) is 30.7 Å². The van der Waals surface area contributed by atoms with E-state index in [1.54, 1.807) is 0 Å². The Morgan fingerprint density at radius 1 is 1.03 bits per heavy atom. The molecule has 2 aliphatic heterocycles. The Bertz CT molecular complexity index is 1170. The number of nitrogens with zero attached hydrogens (tertiary/aromatic N) is 3. The van der Waals surface area contributed by atoms with Gasteiger partial charge in [-0.15, -0.1) is 0 Å². The van der Waals surface area contributed by atoms with E-state index in [4.69, 9.17) is 30.5 Å². The van der Waals surface area contributed by atoms with Crippen LogP contribution in [0.2, 0.25) is 5.15 Å². The van der Waals surface area contributed by atoms with Crippen LogP contribution >= 0.6 is 11.6 Å². The third-order valence-electron chi connectivity index (χ3n) is 6.93. The highest BCUT2D eigenvalue weighted by Crippen LogP contribution is 2.52. The fourth-order valence-corrected chi connectivity index (χ4v) is 5.68. The smallest absolute Gasteiger partial charge is 0.192 e. The summed E-state index contributed by atoms with van der Waals surface area (Å²) >= 11 is 6.31. The zero-order valence-electron chi connectivity index (χ0n) is 18.3. The minimum absolute atomic E-state index is 0.0634. The van der Waals surface area contributed by atoms with E-state index in [9.17, 15) is 0 Å². The molecule has 4 heterocycles. The summed E-state index contributed by atoms with van der Waals surface area (Å²) in [7, 11) is 0. The van der Waals surface area contributed by atoms with Crippen molar-refractivity contribution < 1.29 is 18.9 Å². The van der Waals surface area contributed by atoms with E-state index in [0.29, 0.717) is 18.4 Å². The Kier molecular flexibility index (Phi) is 4.65. The van der Waals surface area contributed by atoms with Crippen molar-refractivity contribution >= 4 is 22.6 Å². The van der Waals surface area contributed by atoms with Gasteiger partial charge in [-0.05, 0) is 38.8 Å². The molecule has 0 N–H and O–H groups in total. The van der Waals surface area contributed by atoms with E-state index in [0.717, 1.165) is 23.0 Å². The fraction of sp³-hybridized carbons (Fsp3) is 0.500. The molecule has 1 aromatic carbocycles. The second kappa shape index (κ2) is 7.23. The number of rotatable bonds is 3.